The highest BCUT2D eigenvalue weighted by Crippen LogP contribution is 2.55. The molecule has 0 radical (unpaired) electrons. The number of methoxy groups -OCH3 is 1. The molecule has 1 fully saturated rings. The quantitative estimate of drug-likeness (QED) is 0.414. The number of hydrogen-bond acceptors (Lipinski definition) is 8. The molecule has 2 atom stereocenters. The summed E-state index contributed by atoms with van der Waals surface area (Å²) in [6.07, 6.45) is -6.04. The first-order valence-electron chi connectivity index (χ1n) is 9.52. The highest BCUT2D eigenvalue weighted by atomic mass is 32.2. The second-order valence-electron chi connectivity index (χ2n) is 7.49. The first-order chi connectivity index (χ1) is 16.2. The lowest BCUT2D eigenvalue weighted by molar-refractivity contribution is -0.298. The average molecular weight is 539 g/mol. The van der Waals surface area contributed by atoms with E-state index in [0.717, 1.165) is 12.1 Å². The lowest BCUT2D eigenvalue weighted by atomic mass is 10.1. The molecule has 0 aliphatic heterocycles. The van der Waals surface area contributed by atoms with Crippen molar-refractivity contribution in [1.82, 2.24) is 14.9 Å². The molecule has 0 bridgehead atoms. The van der Waals surface area contributed by atoms with Crippen molar-refractivity contribution >= 4 is 27.3 Å². The van der Waals surface area contributed by atoms with E-state index in [4.69, 9.17) is 4.74 Å². The van der Waals surface area contributed by atoms with Crippen LogP contribution in [-0.4, -0.2) is 48.5 Å². The highest BCUT2D eigenvalue weighted by molar-refractivity contribution is 7.91. The van der Waals surface area contributed by atoms with Crippen molar-refractivity contribution in [1.29, 1.82) is 0 Å². The largest absolute Gasteiger partial charge is 0.496 e. The first kappa shape index (κ1) is 25.0. The fraction of sp³-hybridized carbons (Fsp3) is 0.316. The number of carboxylic acid groups (broad SMARTS) is 1. The molecule has 0 unspecified atom stereocenters. The number of carbonyl (C=O) groups is 1. The summed E-state index contributed by atoms with van der Waals surface area (Å²) < 4.78 is 101. The average Bonchev–Trinajstić information content (AvgIpc) is 3.13. The number of sulfonamides is 1. The zero-order chi connectivity index (χ0) is 25.8. The van der Waals surface area contributed by atoms with Crippen LogP contribution < -0.4 is 9.46 Å². The van der Waals surface area contributed by atoms with Gasteiger partial charge in [0.25, 0.3) is 10.0 Å². The fourth-order valence-corrected chi connectivity index (χ4v) is 6.07. The van der Waals surface area contributed by atoms with E-state index in [-0.39, 0.29) is 11.3 Å². The maximum absolute atomic E-state index is 13.4. The molecular formula is C19H14F5N3O6S2. The van der Waals surface area contributed by atoms with Gasteiger partial charge in [-0.05, 0) is 30.2 Å². The normalized spacial score (nSPS) is 20.6. The van der Waals surface area contributed by atoms with Crippen molar-refractivity contribution in [3.63, 3.8) is 0 Å². The number of benzene rings is 1. The van der Waals surface area contributed by atoms with E-state index < -0.39 is 55.5 Å². The van der Waals surface area contributed by atoms with Gasteiger partial charge in [-0.1, -0.05) is 23.4 Å². The number of rotatable bonds is 8. The predicted molar refractivity (Wildman–Crippen MR) is 109 cm³/mol. The maximum atomic E-state index is 13.4. The van der Waals surface area contributed by atoms with Crippen LogP contribution in [0.1, 0.15) is 23.8 Å². The van der Waals surface area contributed by atoms with Gasteiger partial charge in [0, 0.05) is 5.92 Å². The second-order valence-corrected chi connectivity index (χ2v) is 10.5. The van der Waals surface area contributed by atoms with Crippen LogP contribution in [0.25, 0.3) is 10.7 Å². The number of para-hydroxylation sites is 1. The summed E-state index contributed by atoms with van der Waals surface area (Å²) in [7, 11) is -3.08. The van der Waals surface area contributed by atoms with Crippen LogP contribution >= 0.6 is 11.3 Å². The van der Waals surface area contributed by atoms with Gasteiger partial charge in [0.1, 0.15) is 15.5 Å². The van der Waals surface area contributed by atoms with Crippen molar-refractivity contribution < 1.29 is 49.5 Å². The summed E-state index contributed by atoms with van der Waals surface area (Å²) in [5.41, 5.74) is -1.39. The molecule has 2 aromatic heterocycles. The summed E-state index contributed by atoms with van der Waals surface area (Å²) in [4.78, 5) is 14.9. The Morgan fingerprint density at radius 3 is 2.54 bits per heavy atom. The molecule has 0 saturated heterocycles. The first-order valence-corrected chi connectivity index (χ1v) is 11.8. The van der Waals surface area contributed by atoms with Crippen LogP contribution in [0.15, 0.2) is 45.1 Å². The summed E-state index contributed by atoms with van der Waals surface area (Å²) in [6, 6.07) is 8.59. The molecule has 16 heteroatoms. The predicted octanol–water partition coefficient (Wildman–Crippen LogP) is 3.75. The molecule has 2 N–H and O–H groups in total. The standard InChI is InChI=1S/C19H14F5N3O6S2/c1-32-11-5-3-2-4-9(11)10-8-17(10,16(28)29)27-35(30,31)13-7-6-12(34-13)14-25-15(33-26-14)18(20,21)19(22,23)24/h2-7,10,27H,8H2,1H3,(H,28,29)/t10-,17-/m0/s1. The van der Waals surface area contributed by atoms with Gasteiger partial charge in [0.15, 0.2) is 0 Å². The number of aromatic nitrogens is 2. The number of alkyl halides is 5. The van der Waals surface area contributed by atoms with Crippen LogP contribution in [-0.2, 0) is 20.7 Å². The van der Waals surface area contributed by atoms with Crippen molar-refractivity contribution in [3.05, 3.63) is 47.9 Å². The molecule has 9 nitrogen and oxygen atoms in total. The van der Waals surface area contributed by atoms with Crippen molar-refractivity contribution in [2.24, 2.45) is 0 Å². The van der Waals surface area contributed by atoms with Gasteiger partial charge >= 0.3 is 24.0 Å². The topological polar surface area (TPSA) is 132 Å². The van der Waals surface area contributed by atoms with Gasteiger partial charge in [-0.25, -0.2) is 8.42 Å². The van der Waals surface area contributed by atoms with E-state index in [9.17, 15) is 40.3 Å². The van der Waals surface area contributed by atoms with Crippen LogP contribution in [0.5, 0.6) is 5.75 Å². The number of carboxylic acids is 1. The Bertz CT molecular complexity index is 1390. The Morgan fingerprint density at radius 1 is 1.23 bits per heavy atom. The number of aliphatic carboxylic acids is 1. The van der Waals surface area contributed by atoms with E-state index in [1.807, 2.05) is 0 Å². The molecule has 0 spiro atoms. The number of ether oxygens (including phenoxy) is 1. The van der Waals surface area contributed by atoms with E-state index in [2.05, 4.69) is 19.4 Å². The van der Waals surface area contributed by atoms with Crippen molar-refractivity contribution in [3.8, 4) is 16.5 Å². The number of thiophene rings is 1. The maximum Gasteiger partial charge on any atom is 0.463 e. The Kier molecular flexibility index (Phi) is 5.88. The summed E-state index contributed by atoms with van der Waals surface area (Å²) >= 11 is 0.430. The SMILES string of the molecule is COc1ccccc1[C@@H]1C[C@@]1(NS(=O)(=O)c1ccc(-c2noc(C(F)(F)C(F)(F)F)n2)s1)C(=O)O. The number of nitrogens with zero attached hydrogens (tertiary/aromatic N) is 2. The molecule has 4 rings (SSSR count). The molecule has 0 amide bonds. The van der Waals surface area contributed by atoms with Crippen LogP contribution in [0.3, 0.4) is 0 Å². The molecule has 2 heterocycles. The molecule has 35 heavy (non-hydrogen) atoms. The molecule has 1 aliphatic carbocycles. The fourth-order valence-electron chi connectivity index (χ4n) is 3.43. The van der Waals surface area contributed by atoms with E-state index >= 15 is 0 Å². The number of nitrogens with one attached hydrogen (secondary N) is 1. The molecule has 188 valence electrons. The summed E-state index contributed by atoms with van der Waals surface area (Å²) in [5.74, 6) is -9.89. The molecule has 1 aliphatic rings. The van der Waals surface area contributed by atoms with Crippen LogP contribution in [0.2, 0.25) is 0 Å². The van der Waals surface area contributed by atoms with Gasteiger partial charge in [-0.3, -0.25) is 4.79 Å². The van der Waals surface area contributed by atoms with Crippen LogP contribution in [0, 0.1) is 0 Å². The Balaban J connectivity index is 1.60. The summed E-state index contributed by atoms with van der Waals surface area (Å²) in [6.45, 7) is 0. The minimum Gasteiger partial charge on any atom is -0.496 e. The smallest absolute Gasteiger partial charge is 0.463 e. The van der Waals surface area contributed by atoms with E-state index in [1.54, 1.807) is 24.3 Å². The third kappa shape index (κ3) is 4.25. The van der Waals surface area contributed by atoms with Gasteiger partial charge in [-0.15, -0.1) is 11.3 Å². The molecule has 3 aromatic rings. The van der Waals surface area contributed by atoms with Gasteiger partial charge in [0.2, 0.25) is 5.82 Å². The van der Waals surface area contributed by atoms with Crippen LogP contribution in [0.4, 0.5) is 22.0 Å². The zero-order valence-corrected chi connectivity index (χ0v) is 19.0. The Labute approximate surface area is 197 Å². The lowest BCUT2D eigenvalue weighted by Gasteiger charge is -2.16. The Hall–Kier alpha value is -3.11. The monoisotopic (exact) mass is 539 g/mol. The second kappa shape index (κ2) is 8.23. The minimum absolute atomic E-state index is 0.0686. The Morgan fingerprint density at radius 2 is 1.91 bits per heavy atom. The zero-order valence-electron chi connectivity index (χ0n) is 17.3. The number of hydrogen-bond donors (Lipinski definition) is 2. The highest BCUT2D eigenvalue weighted by Gasteiger charge is 2.64. The number of halogens is 5. The lowest BCUT2D eigenvalue weighted by Crippen LogP contribution is -2.44. The molecule has 1 aromatic carbocycles. The van der Waals surface area contributed by atoms with E-state index in [0.29, 0.717) is 22.6 Å². The van der Waals surface area contributed by atoms with E-state index in [1.165, 1.54) is 7.11 Å². The third-order valence-corrected chi connectivity index (χ3v) is 8.37. The third-order valence-electron chi connectivity index (χ3n) is 5.29. The van der Waals surface area contributed by atoms with Gasteiger partial charge < -0.3 is 14.4 Å². The summed E-state index contributed by atoms with van der Waals surface area (Å²) in [5, 5.41) is 12.8. The van der Waals surface area contributed by atoms with Crippen molar-refractivity contribution in [2.45, 2.75) is 34.2 Å². The molecular weight excluding hydrogens is 525 g/mol. The minimum atomic E-state index is -5.97. The van der Waals surface area contributed by atoms with Gasteiger partial charge in [0.05, 0.1) is 12.0 Å². The van der Waals surface area contributed by atoms with Gasteiger partial charge in [-0.2, -0.15) is 31.7 Å². The van der Waals surface area contributed by atoms with Crippen molar-refractivity contribution in [2.75, 3.05) is 7.11 Å². The molecule has 1 saturated carbocycles.